The third kappa shape index (κ3) is 4.47. The monoisotopic (exact) mass is 392 g/mol. The van der Waals surface area contributed by atoms with E-state index < -0.39 is 0 Å². The Bertz CT molecular complexity index is 1030. The van der Waals surface area contributed by atoms with E-state index in [4.69, 9.17) is 15.5 Å². The summed E-state index contributed by atoms with van der Waals surface area (Å²) in [7, 11) is 0. The van der Waals surface area contributed by atoms with Crippen molar-refractivity contribution in [1.82, 2.24) is 9.55 Å². The lowest BCUT2D eigenvalue weighted by Gasteiger charge is -2.09. The van der Waals surface area contributed by atoms with Gasteiger partial charge in [-0.2, -0.15) is 0 Å². The second kappa shape index (κ2) is 8.90. The SMILES string of the molecule is CCCn1c(-c2ccc(C(N)=NC(C)C)cc2)nc2cc(C(=O)OCC)ccc21. The zero-order chi connectivity index (χ0) is 21.0. The molecule has 1 heterocycles. The van der Waals surface area contributed by atoms with Crippen molar-refractivity contribution in [2.75, 3.05) is 6.61 Å². The van der Waals surface area contributed by atoms with Gasteiger partial charge in [0.1, 0.15) is 11.7 Å². The maximum absolute atomic E-state index is 12.1. The third-order valence-electron chi connectivity index (χ3n) is 4.54. The molecule has 6 heteroatoms. The fraction of sp³-hybridized carbons (Fsp3) is 0.348. The highest BCUT2D eigenvalue weighted by molar-refractivity contribution is 5.98. The Kier molecular flexibility index (Phi) is 6.32. The summed E-state index contributed by atoms with van der Waals surface area (Å²) < 4.78 is 7.30. The molecule has 2 aromatic carbocycles. The number of aryl methyl sites for hydroxylation is 1. The number of imidazole rings is 1. The van der Waals surface area contributed by atoms with Gasteiger partial charge < -0.3 is 15.0 Å². The minimum absolute atomic E-state index is 0.150. The van der Waals surface area contributed by atoms with Crippen molar-refractivity contribution in [2.24, 2.45) is 10.7 Å². The number of aromatic nitrogens is 2. The van der Waals surface area contributed by atoms with Crippen molar-refractivity contribution >= 4 is 22.8 Å². The Hall–Kier alpha value is -3.15. The molecule has 0 spiro atoms. The fourth-order valence-electron chi connectivity index (χ4n) is 3.28. The number of nitrogens with two attached hydrogens (primary N) is 1. The minimum atomic E-state index is -0.328. The van der Waals surface area contributed by atoms with E-state index in [1.807, 2.05) is 44.2 Å². The molecule has 0 radical (unpaired) electrons. The second-order valence-corrected chi connectivity index (χ2v) is 7.20. The summed E-state index contributed by atoms with van der Waals surface area (Å²) >= 11 is 0. The molecule has 0 saturated carbocycles. The van der Waals surface area contributed by atoms with Crippen LogP contribution >= 0.6 is 0 Å². The maximum Gasteiger partial charge on any atom is 0.338 e. The van der Waals surface area contributed by atoms with E-state index in [0.29, 0.717) is 18.0 Å². The molecule has 0 atom stereocenters. The first-order valence-corrected chi connectivity index (χ1v) is 10.1. The lowest BCUT2D eigenvalue weighted by Crippen LogP contribution is -2.15. The first kappa shape index (κ1) is 20.6. The Morgan fingerprint density at radius 2 is 1.83 bits per heavy atom. The largest absolute Gasteiger partial charge is 0.462 e. The average molecular weight is 393 g/mol. The van der Waals surface area contributed by atoms with Crippen molar-refractivity contribution < 1.29 is 9.53 Å². The van der Waals surface area contributed by atoms with Crippen LogP contribution in [0.25, 0.3) is 22.4 Å². The summed E-state index contributed by atoms with van der Waals surface area (Å²) in [6.45, 7) is 9.12. The molecule has 152 valence electrons. The standard InChI is InChI=1S/C23H28N4O2/c1-5-13-27-20-12-11-18(23(28)29-6-2)14-19(20)26-22(27)17-9-7-16(8-10-17)21(24)25-15(3)4/h7-12,14-15H,5-6,13H2,1-4H3,(H2,24,25). The van der Waals surface area contributed by atoms with Gasteiger partial charge in [0, 0.05) is 23.7 Å². The molecule has 0 aliphatic carbocycles. The first-order valence-electron chi connectivity index (χ1n) is 10.1. The fourth-order valence-corrected chi connectivity index (χ4v) is 3.28. The van der Waals surface area contributed by atoms with E-state index >= 15 is 0 Å². The quantitative estimate of drug-likeness (QED) is 0.367. The summed E-state index contributed by atoms with van der Waals surface area (Å²) in [6.07, 6.45) is 0.976. The van der Waals surface area contributed by atoms with Crippen molar-refractivity contribution in [3.05, 3.63) is 53.6 Å². The number of amidine groups is 1. The van der Waals surface area contributed by atoms with E-state index in [0.717, 1.165) is 41.0 Å². The molecule has 0 aliphatic rings. The van der Waals surface area contributed by atoms with Crippen LogP contribution in [0.15, 0.2) is 47.5 Å². The van der Waals surface area contributed by atoms with Gasteiger partial charge in [-0.3, -0.25) is 4.99 Å². The van der Waals surface area contributed by atoms with Crippen LogP contribution in [0.4, 0.5) is 0 Å². The number of hydrogen-bond donors (Lipinski definition) is 1. The molecule has 0 saturated heterocycles. The molecule has 0 fully saturated rings. The summed E-state index contributed by atoms with van der Waals surface area (Å²) in [4.78, 5) is 21.3. The van der Waals surface area contributed by atoms with Gasteiger partial charge in [-0.05, 0) is 45.4 Å². The van der Waals surface area contributed by atoms with E-state index in [2.05, 4.69) is 16.5 Å². The lowest BCUT2D eigenvalue weighted by atomic mass is 10.1. The van der Waals surface area contributed by atoms with E-state index in [1.165, 1.54) is 0 Å². The summed E-state index contributed by atoms with van der Waals surface area (Å²) in [5.74, 6) is 1.08. The van der Waals surface area contributed by atoms with Crippen LogP contribution < -0.4 is 5.73 Å². The van der Waals surface area contributed by atoms with Crippen molar-refractivity contribution in [3.8, 4) is 11.4 Å². The van der Waals surface area contributed by atoms with Gasteiger partial charge in [0.15, 0.2) is 0 Å². The highest BCUT2D eigenvalue weighted by atomic mass is 16.5. The Labute approximate surface area is 171 Å². The number of nitrogens with zero attached hydrogens (tertiary/aromatic N) is 3. The molecule has 2 N–H and O–H groups in total. The molecule has 6 nitrogen and oxygen atoms in total. The van der Waals surface area contributed by atoms with Gasteiger partial charge in [-0.1, -0.05) is 31.2 Å². The number of fused-ring (bicyclic) bond motifs is 1. The summed E-state index contributed by atoms with van der Waals surface area (Å²) in [5.41, 5.74) is 10.3. The van der Waals surface area contributed by atoms with Crippen LogP contribution in [0.1, 0.15) is 50.0 Å². The zero-order valence-corrected chi connectivity index (χ0v) is 17.5. The van der Waals surface area contributed by atoms with Crippen molar-refractivity contribution in [3.63, 3.8) is 0 Å². The molecule has 0 bridgehead atoms. The average Bonchev–Trinajstić information content (AvgIpc) is 3.06. The topological polar surface area (TPSA) is 82.5 Å². The van der Waals surface area contributed by atoms with Crippen LogP contribution in [-0.4, -0.2) is 34.0 Å². The number of carbonyl (C=O) groups excluding carboxylic acids is 1. The van der Waals surface area contributed by atoms with Gasteiger partial charge in [-0.15, -0.1) is 0 Å². The van der Waals surface area contributed by atoms with Crippen molar-refractivity contribution in [2.45, 2.75) is 46.7 Å². The normalized spacial score (nSPS) is 12.0. The molecule has 3 aromatic rings. The van der Waals surface area contributed by atoms with E-state index in [9.17, 15) is 4.79 Å². The Balaban J connectivity index is 2.03. The predicted molar refractivity (Wildman–Crippen MR) is 117 cm³/mol. The lowest BCUT2D eigenvalue weighted by molar-refractivity contribution is 0.0526. The predicted octanol–water partition coefficient (Wildman–Crippen LogP) is 4.40. The Morgan fingerprint density at radius 1 is 1.14 bits per heavy atom. The summed E-state index contributed by atoms with van der Waals surface area (Å²) in [6, 6.07) is 13.6. The van der Waals surface area contributed by atoms with E-state index in [1.54, 1.807) is 19.1 Å². The molecule has 0 aliphatic heterocycles. The number of aliphatic imine (C=N–C) groups is 1. The highest BCUT2D eigenvalue weighted by Gasteiger charge is 2.15. The first-order chi connectivity index (χ1) is 13.9. The van der Waals surface area contributed by atoms with E-state index in [-0.39, 0.29) is 12.0 Å². The zero-order valence-electron chi connectivity index (χ0n) is 17.5. The van der Waals surface area contributed by atoms with Gasteiger partial charge in [0.25, 0.3) is 0 Å². The van der Waals surface area contributed by atoms with Crippen molar-refractivity contribution in [1.29, 1.82) is 0 Å². The molecule has 1 aromatic heterocycles. The second-order valence-electron chi connectivity index (χ2n) is 7.20. The number of carbonyl (C=O) groups is 1. The van der Waals surface area contributed by atoms with Gasteiger partial charge in [0.05, 0.1) is 23.2 Å². The Morgan fingerprint density at radius 3 is 2.45 bits per heavy atom. The molecule has 29 heavy (non-hydrogen) atoms. The van der Waals surface area contributed by atoms with Crippen LogP contribution in [-0.2, 0) is 11.3 Å². The van der Waals surface area contributed by atoms with Gasteiger partial charge >= 0.3 is 5.97 Å². The molecule has 0 unspecified atom stereocenters. The van der Waals surface area contributed by atoms with Crippen LogP contribution in [0.3, 0.4) is 0 Å². The van der Waals surface area contributed by atoms with Crippen LogP contribution in [0, 0.1) is 0 Å². The number of ether oxygens (including phenoxy) is 1. The van der Waals surface area contributed by atoms with Gasteiger partial charge in [0.2, 0.25) is 0 Å². The highest BCUT2D eigenvalue weighted by Crippen LogP contribution is 2.26. The number of benzene rings is 2. The number of rotatable bonds is 7. The molecular formula is C23H28N4O2. The number of esters is 1. The molecule has 3 rings (SSSR count). The molecule has 0 amide bonds. The third-order valence-corrected chi connectivity index (χ3v) is 4.54. The van der Waals surface area contributed by atoms with Crippen LogP contribution in [0.5, 0.6) is 0 Å². The smallest absolute Gasteiger partial charge is 0.338 e. The summed E-state index contributed by atoms with van der Waals surface area (Å²) in [5, 5.41) is 0. The van der Waals surface area contributed by atoms with Gasteiger partial charge in [-0.25, -0.2) is 9.78 Å². The maximum atomic E-state index is 12.1. The molecular weight excluding hydrogens is 364 g/mol. The number of hydrogen-bond acceptors (Lipinski definition) is 4. The van der Waals surface area contributed by atoms with Crippen LogP contribution in [0.2, 0.25) is 0 Å². The minimum Gasteiger partial charge on any atom is -0.462 e.